The summed E-state index contributed by atoms with van der Waals surface area (Å²) in [6, 6.07) is 12.1. The zero-order valence-electron chi connectivity index (χ0n) is 15.2. The zero-order chi connectivity index (χ0) is 18.0. The van der Waals surface area contributed by atoms with Gasteiger partial charge < -0.3 is 9.84 Å². The molecule has 0 spiro atoms. The summed E-state index contributed by atoms with van der Waals surface area (Å²) < 4.78 is 19.5. The van der Waals surface area contributed by atoms with E-state index in [1.807, 2.05) is 39.0 Å². The molecule has 0 fully saturated rings. The second kappa shape index (κ2) is 6.84. The fourth-order valence-corrected chi connectivity index (χ4v) is 2.81. The second-order valence-corrected chi connectivity index (χ2v) is 7.89. The van der Waals surface area contributed by atoms with Crippen molar-refractivity contribution < 1.29 is 14.2 Å². The maximum atomic E-state index is 13.6. The summed E-state index contributed by atoms with van der Waals surface area (Å²) in [6.45, 7) is 10.8. The predicted octanol–water partition coefficient (Wildman–Crippen LogP) is 5.58. The van der Waals surface area contributed by atoms with Gasteiger partial charge >= 0.3 is 0 Å². The molecule has 0 aromatic heterocycles. The number of hydrogen-bond donors (Lipinski definition) is 1. The minimum Gasteiger partial charge on any atom is -0.508 e. The van der Waals surface area contributed by atoms with Crippen LogP contribution in [0.25, 0.3) is 0 Å². The topological polar surface area (TPSA) is 29.5 Å². The molecule has 0 unspecified atom stereocenters. The van der Waals surface area contributed by atoms with Gasteiger partial charge in [-0.25, -0.2) is 4.39 Å². The van der Waals surface area contributed by atoms with E-state index in [0.717, 1.165) is 23.3 Å². The fraction of sp³-hybridized carbons (Fsp3) is 0.429. The van der Waals surface area contributed by atoms with E-state index in [-0.39, 0.29) is 16.6 Å². The summed E-state index contributed by atoms with van der Waals surface area (Å²) in [5.41, 5.74) is 1.37. The van der Waals surface area contributed by atoms with Crippen LogP contribution in [-0.2, 0) is 10.8 Å². The summed E-state index contributed by atoms with van der Waals surface area (Å²) in [4.78, 5) is 0. The quantitative estimate of drug-likeness (QED) is 0.776. The van der Waals surface area contributed by atoms with Gasteiger partial charge in [-0.3, -0.25) is 0 Å². The second-order valence-electron chi connectivity index (χ2n) is 7.89. The highest BCUT2D eigenvalue weighted by atomic mass is 19.1. The van der Waals surface area contributed by atoms with Gasteiger partial charge in [-0.15, -0.1) is 0 Å². The smallest absolute Gasteiger partial charge is 0.123 e. The van der Waals surface area contributed by atoms with Crippen molar-refractivity contribution in [3.8, 4) is 11.5 Å². The molecule has 2 aromatic carbocycles. The predicted molar refractivity (Wildman–Crippen MR) is 96.3 cm³/mol. The van der Waals surface area contributed by atoms with E-state index in [1.54, 1.807) is 18.2 Å². The molecule has 0 amide bonds. The number of phenolic OH excluding ortho intramolecular Hbond substituents is 1. The van der Waals surface area contributed by atoms with Crippen LogP contribution in [-0.4, -0.2) is 11.7 Å². The molecule has 1 N–H and O–H groups in total. The Kier molecular flexibility index (Phi) is 5.22. The highest BCUT2D eigenvalue weighted by Gasteiger charge is 2.25. The van der Waals surface area contributed by atoms with Gasteiger partial charge in [0.15, 0.2) is 0 Å². The molecule has 0 aliphatic heterocycles. The molecule has 0 aliphatic carbocycles. The average molecular weight is 330 g/mol. The summed E-state index contributed by atoms with van der Waals surface area (Å²) in [7, 11) is 0. The molecule has 2 aromatic rings. The molecule has 3 heteroatoms. The largest absolute Gasteiger partial charge is 0.508 e. The number of phenols is 1. The van der Waals surface area contributed by atoms with Crippen molar-refractivity contribution in [3.05, 3.63) is 59.4 Å². The van der Waals surface area contributed by atoms with Gasteiger partial charge in [0.2, 0.25) is 0 Å². The van der Waals surface area contributed by atoms with E-state index in [9.17, 15) is 9.50 Å². The first kappa shape index (κ1) is 18.3. The fourth-order valence-electron chi connectivity index (χ4n) is 2.81. The van der Waals surface area contributed by atoms with Crippen LogP contribution in [0.15, 0.2) is 42.5 Å². The molecule has 0 heterocycles. The summed E-state index contributed by atoms with van der Waals surface area (Å²) in [6.07, 6.45) is 0.742. The van der Waals surface area contributed by atoms with Gasteiger partial charge in [-0.2, -0.15) is 0 Å². The minimum atomic E-state index is -0.248. The first-order chi connectivity index (χ1) is 11.1. The molecule has 0 aliphatic rings. The first-order valence-corrected chi connectivity index (χ1v) is 8.32. The summed E-state index contributed by atoms with van der Waals surface area (Å²) in [5.74, 6) is 0.776. The van der Waals surface area contributed by atoms with Gasteiger partial charge in [0.25, 0.3) is 0 Å². The van der Waals surface area contributed by atoms with Crippen molar-refractivity contribution in [3.63, 3.8) is 0 Å². The Morgan fingerprint density at radius 2 is 1.62 bits per heavy atom. The lowest BCUT2D eigenvalue weighted by Crippen LogP contribution is -2.21. The van der Waals surface area contributed by atoms with E-state index < -0.39 is 0 Å². The third-order valence-electron chi connectivity index (χ3n) is 4.37. The molecule has 2 nitrogen and oxygen atoms in total. The van der Waals surface area contributed by atoms with Crippen LogP contribution < -0.4 is 4.74 Å². The number of hydrogen-bond acceptors (Lipinski definition) is 2. The van der Waals surface area contributed by atoms with Gasteiger partial charge in [0.05, 0.1) is 6.61 Å². The minimum absolute atomic E-state index is 0.190. The van der Waals surface area contributed by atoms with Crippen molar-refractivity contribution in [2.24, 2.45) is 0 Å². The maximum absolute atomic E-state index is 13.6. The molecular weight excluding hydrogens is 303 g/mol. The lowest BCUT2D eigenvalue weighted by atomic mass is 9.81. The number of halogens is 1. The maximum Gasteiger partial charge on any atom is 0.123 e. The number of aromatic hydroxyl groups is 1. The Hall–Kier alpha value is -2.03. The molecule has 130 valence electrons. The van der Waals surface area contributed by atoms with Crippen molar-refractivity contribution >= 4 is 0 Å². The van der Waals surface area contributed by atoms with Crippen LogP contribution in [0.2, 0.25) is 0 Å². The molecule has 0 saturated heterocycles. The molecule has 0 atom stereocenters. The van der Waals surface area contributed by atoms with Gasteiger partial charge in [-0.05, 0) is 47.1 Å². The van der Waals surface area contributed by atoms with Gasteiger partial charge in [0.1, 0.15) is 17.3 Å². The average Bonchev–Trinajstić information content (AvgIpc) is 2.48. The number of rotatable bonds is 5. The monoisotopic (exact) mass is 330 g/mol. The Labute approximate surface area is 144 Å². The number of para-hydroxylation sites is 1. The third-order valence-corrected chi connectivity index (χ3v) is 4.37. The van der Waals surface area contributed by atoms with E-state index in [2.05, 4.69) is 13.8 Å². The molecule has 24 heavy (non-hydrogen) atoms. The standard InChI is InChI=1S/C21H27FO2/c1-20(2,3)17-14-15(22)10-11-19(17)24-13-12-21(4,5)16-8-6-7-9-18(16)23/h6-11,14,23H,12-13H2,1-5H3. The number of ether oxygens (including phenoxy) is 1. The highest BCUT2D eigenvalue weighted by molar-refractivity contribution is 5.39. The Bertz CT molecular complexity index is 699. The van der Waals surface area contributed by atoms with E-state index in [4.69, 9.17) is 4.74 Å². The van der Waals surface area contributed by atoms with E-state index >= 15 is 0 Å². The lowest BCUT2D eigenvalue weighted by molar-refractivity contribution is 0.264. The van der Waals surface area contributed by atoms with Crippen molar-refractivity contribution in [2.45, 2.75) is 51.9 Å². The van der Waals surface area contributed by atoms with Crippen molar-refractivity contribution in [1.82, 2.24) is 0 Å². The van der Waals surface area contributed by atoms with Crippen LogP contribution >= 0.6 is 0 Å². The first-order valence-electron chi connectivity index (χ1n) is 8.32. The van der Waals surface area contributed by atoms with Crippen LogP contribution in [0, 0.1) is 5.82 Å². The van der Waals surface area contributed by atoms with E-state index in [0.29, 0.717) is 12.4 Å². The summed E-state index contributed by atoms with van der Waals surface area (Å²) in [5, 5.41) is 10.1. The molecule has 0 radical (unpaired) electrons. The number of benzene rings is 2. The van der Waals surface area contributed by atoms with Crippen LogP contribution in [0.1, 0.15) is 52.2 Å². The van der Waals surface area contributed by atoms with Crippen LogP contribution in [0.4, 0.5) is 4.39 Å². The molecule has 0 saturated carbocycles. The van der Waals surface area contributed by atoms with Gasteiger partial charge in [-0.1, -0.05) is 52.8 Å². The normalized spacial score (nSPS) is 12.2. The Morgan fingerprint density at radius 1 is 0.958 bits per heavy atom. The molecular formula is C21H27FO2. The SMILES string of the molecule is CC(C)(C)c1cc(F)ccc1OCCC(C)(C)c1ccccc1O. The van der Waals surface area contributed by atoms with E-state index in [1.165, 1.54) is 6.07 Å². The van der Waals surface area contributed by atoms with Crippen LogP contribution in [0.3, 0.4) is 0 Å². The Morgan fingerprint density at radius 3 is 2.25 bits per heavy atom. The van der Waals surface area contributed by atoms with Crippen molar-refractivity contribution in [1.29, 1.82) is 0 Å². The zero-order valence-corrected chi connectivity index (χ0v) is 15.2. The lowest BCUT2D eigenvalue weighted by Gasteiger charge is -2.27. The van der Waals surface area contributed by atoms with Crippen molar-refractivity contribution in [2.75, 3.05) is 6.61 Å². The molecule has 0 bridgehead atoms. The van der Waals surface area contributed by atoms with Crippen LogP contribution in [0.5, 0.6) is 11.5 Å². The highest BCUT2D eigenvalue weighted by Crippen LogP contribution is 2.35. The third kappa shape index (κ3) is 4.28. The molecule has 2 rings (SSSR count). The van der Waals surface area contributed by atoms with Gasteiger partial charge in [0, 0.05) is 5.56 Å². The summed E-state index contributed by atoms with van der Waals surface area (Å²) >= 11 is 0. The Balaban J connectivity index is 2.11.